The summed E-state index contributed by atoms with van der Waals surface area (Å²) in [6, 6.07) is 11.2. The summed E-state index contributed by atoms with van der Waals surface area (Å²) in [7, 11) is -2.06. The fourth-order valence-electron chi connectivity index (χ4n) is 3.63. The van der Waals surface area contributed by atoms with E-state index in [1.807, 2.05) is 6.07 Å². The summed E-state index contributed by atoms with van der Waals surface area (Å²) in [6.45, 7) is 6.32. The summed E-state index contributed by atoms with van der Waals surface area (Å²) in [4.78, 5) is 7.84. The predicted molar refractivity (Wildman–Crippen MR) is 104 cm³/mol. The summed E-state index contributed by atoms with van der Waals surface area (Å²) < 4.78 is 39.9. The number of pyridine rings is 1. The smallest absolute Gasteiger partial charge is 0.339 e. The van der Waals surface area contributed by atoms with Gasteiger partial charge in [0.25, 0.3) is 0 Å². The zero-order valence-corrected chi connectivity index (χ0v) is 16.0. The lowest BCUT2D eigenvalue weighted by Gasteiger charge is -2.21. The first-order valence-electron chi connectivity index (χ1n) is 8.46. The van der Waals surface area contributed by atoms with Crippen molar-refractivity contribution in [3.63, 3.8) is 0 Å². The number of halogens is 3. The summed E-state index contributed by atoms with van der Waals surface area (Å²) >= 11 is 0. The highest BCUT2D eigenvalue weighted by Gasteiger charge is 2.32. The third-order valence-electron chi connectivity index (χ3n) is 4.73. The molecular formula is C20H16F3N3Si. The van der Waals surface area contributed by atoms with Crippen LogP contribution in [-0.4, -0.2) is 18.0 Å². The molecule has 0 aliphatic heterocycles. The van der Waals surface area contributed by atoms with Crippen LogP contribution in [0.4, 0.5) is 13.2 Å². The third-order valence-corrected chi connectivity index (χ3v) is 6.75. The van der Waals surface area contributed by atoms with Crippen molar-refractivity contribution >= 4 is 46.1 Å². The number of fused-ring (bicyclic) bond motifs is 4. The van der Waals surface area contributed by atoms with E-state index in [1.165, 1.54) is 12.1 Å². The van der Waals surface area contributed by atoms with Gasteiger partial charge in [-0.1, -0.05) is 19.6 Å². The van der Waals surface area contributed by atoms with Gasteiger partial charge in [-0.05, 0) is 41.6 Å². The molecule has 0 atom stereocenters. The number of aromatic nitrogens is 2. The highest BCUT2D eigenvalue weighted by Crippen LogP contribution is 2.34. The second kappa shape index (κ2) is 5.57. The van der Waals surface area contributed by atoms with Gasteiger partial charge in [0.15, 0.2) is 0 Å². The first-order valence-corrected chi connectivity index (χ1v) is 12.0. The second-order valence-corrected chi connectivity index (χ2v) is 12.7. The van der Waals surface area contributed by atoms with Crippen LogP contribution in [0.15, 0.2) is 36.4 Å². The molecule has 0 radical (unpaired) electrons. The molecule has 136 valence electrons. The van der Waals surface area contributed by atoms with Crippen molar-refractivity contribution in [1.29, 1.82) is 5.26 Å². The van der Waals surface area contributed by atoms with Gasteiger partial charge in [0.2, 0.25) is 0 Å². The van der Waals surface area contributed by atoms with Gasteiger partial charge in [-0.2, -0.15) is 18.4 Å². The minimum Gasteiger partial charge on any atom is -0.339 e. The SMILES string of the molecule is C[Si](C)(C)c1c2cc(C(F)(F)F)ccc2nc2[nH]c3ccc(C#N)cc3c12. The van der Waals surface area contributed by atoms with Gasteiger partial charge in [0.05, 0.1) is 30.8 Å². The quantitative estimate of drug-likeness (QED) is 0.453. The lowest BCUT2D eigenvalue weighted by molar-refractivity contribution is -0.137. The summed E-state index contributed by atoms with van der Waals surface area (Å²) in [6.07, 6.45) is -4.41. The molecule has 0 aliphatic carbocycles. The molecule has 4 rings (SSSR count). The Balaban J connectivity index is 2.24. The first-order chi connectivity index (χ1) is 12.6. The zero-order valence-electron chi connectivity index (χ0n) is 15.0. The van der Waals surface area contributed by atoms with Crippen molar-refractivity contribution in [2.24, 2.45) is 0 Å². The molecule has 3 nitrogen and oxygen atoms in total. The van der Waals surface area contributed by atoms with E-state index in [2.05, 4.69) is 35.7 Å². The minimum absolute atomic E-state index is 0.508. The van der Waals surface area contributed by atoms with Gasteiger partial charge < -0.3 is 4.98 Å². The standard InChI is InChI=1S/C20H16F3N3Si/c1-27(2,3)18-14-9-12(20(21,22)23)5-7-16(14)26-19-17(18)13-8-11(10-24)4-6-15(13)25-19/h4-9H,1-3H3,(H,25,26). The van der Waals surface area contributed by atoms with Gasteiger partial charge >= 0.3 is 6.18 Å². The Morgan fingerprint density at radius 2 is 1.78 bits per heavy atom. The van der Waals surface area contributed by atoms with E-state index in [-0.39, 0.29) is 0 Å². The predicted octanol–water partition coefficient (Wildman–Crippen LogP) is 5.30. The number of nitrogens with one attached hydrogen (secondary N) is 1. The zero-order chi connectivity index (χ0) is 19.6. The number of alkyl halides is 3. The maximum Gasteiger partial charge on any atom is 0.416 e. The molecule has 4 aromatic rings. The van der Waals surface area contributed by atoms with E-state index < -0.39 is 19.8 Å². The molecular weight excluding hydrogens is 367 g/mol. The first kappa shape index (κ1) is 17.6. The van der Waals surface area contributed by atoms with E-state index in [0.29, 0.717) is 22.1 Å². The highest BCUT2D eigenvalue weighted by molar-refractivity contribution is 6.92. The molecule has 0 saturated carbocycles. The molecule has 27 heavy (non-hydrogen) atoms. The van der Waals surface area contributed by atoms with Gasteiger partial charge in [-0.15, -0.1) is 0 Å². The molecule has 0 aliphatic rings. The maximum atomic E-state index is 13.3. The van der Waals surface area contributed by atoms with Crippen LogP contribution < -0.4 is 5.19 Å². The Labute approximate surface area is 154 Å². The number of aromatic amines is 1. The minimum atomic E-state index is -4.41. The second-order valence-electron chi connectivity index (χ2n) is 7.69. The number of hydrogen-bond acceptors (Lipinski definition) is 2. The van der Waals surface area contributed by atoms with Crippen LogP contribution in [0.1, 0.15) is 11.1 Å². The number of benzene rings is 2. The Kier molecular flexibility index (Phi) is 3.62. The van der Waals surface area contributed by atoms with E-state index in [9.17, 15) is 18.4 Å². The van der Waals surface area contributed by atoms with Crippen LogP contribution in [0.5, 0.6) is 0 Å². The molecule has 0 amide bonds. The van der Waals surface area contributed by atoms with Crippen LogP contribution in [0.2, 0.25) is 19.6 Å². The molecule has 0 saturated heterocycles. The molecule has 0 fully saturated rings. The molecule has 2 heterocycles. The van der Waals surface area contributed by atoms with Gasteiger partial charge in [0, 0.05) is 21.7 Å². The lowest BCUT2D eigenvalue weighted by Crippen LogP contribution is -2.39. The van der Waals surface area contributed by atoms with E-state index in [4.69, 9.17) is 0 Å². The number of hydrogen-bond donors (Lipinski definition) is 1. The van der Waals surface area contributed by atoms with Crippen molar-refractivity contribution in [2.45, 2.75) is 25.8 Å². The van der Waals surface area contributed by atoms with Gasteiger partial charge in [0.1, 0.15) is 5.65 Å². The Morgan fingerprint density at radius 1 is 1.04 bits per heavy atom. The van der Waals surface area contributed by atoms with Crippen molar-refractivity contribution in [2.75, 3.05) is 0 Å². The molecule has 0 spiro atoms. The summed E-state index contributed by atoms with van der Waals surface area (Å²) in [5.74, 6) is 0. The van der Waals surface area contributed by atoms with Crippen LogP contribution in [0, 0.1) is 11.3 Å². The van der Waals surface area contributed by atoms with Gasteiger partial charge in [-0.3, -0.25) is 0 Å². The molecule has 2 aromatic carbocycles. The van der Waals surface area contributed by atoms with E-state index in [0.717, 1.165) is 27.5 Å². The fourth-order valence-corrected chi connectivity index (χ4v) is 5.64. The monoisotopic (exact) mass is 383 g/mol. The topological polar surface area (TPSA) is 52.5 Å². The number of H-pyrrole nitrogens is 1. The largest absolute Gasteiger partial charge is 0.416 e. The number of nitriles is 1. The maximum absolute atomic E-state index is 13.3. The summed E-state index contributed by atoms with van der Waals surface area (Å²) in [5.41, 5.74) is 1.84. The van der Waals surface area contributed by atoms with Crippen molar-refractivity contribution < 1.29 is 13.2 Å². The average Bonchev–Trinajstić information content (AvgIpc) is 2.94. The Hall–Kier alpha value is -2.85. The van der Waals surface area contributed by atoms with E-state index >= 15 is 0 Å². The van der Waals surface area contributed by atoms with E-state index in [1.54, 1.807) is 12.1 Å². The van der Waals surface area contributed by atoms with Crippen LogP contribution >= 0.6 is 0 Å². The Morgan fingerprint density at radius 3 is 2.41 bits per heavy atom. The molecule has 2 aromatic heterocycles. The van der Waals surface area contributed by atoms with Crippen LogP contribution in [-0.2, 0) is 6.18 Å². The normalized spacial score (nSPS) is 12.8. The van der Waals surface area contributed by atoms with Crippen LogP contribution in [0.3, 0.4) is 0 Å². The third kappa shape index (κ3) is 2.77. The Bertz CT molecular complexity index is 1260. The average molecular weight is 383 g/mol. The summed E-state index contributed by atoms with van der Waals surface area (Å²) in [5, 5.41) is 12.4. The van der Waals surface area contributed by atoms with Crippen molar-refractivity contribution in [3.05, 3.63) is 47.5 Å². The number of rotatable bonds is 1. The molecule has 7 heteroatoms. The lowest BCUT2D eigenvalue weighted by atomic mass is 10.1. The van der Waals surface area contributed by atoms with Crippen molar-refractivity contribution in [3.8, 4) is 6.07 Å². The van der Waals surface area contributed by atoms with Crippen LogP contribution in [0.25, 0.3) is 32.8 Å². The van der Waals surface area contributed by atoms with Crippen molar-refractivity contribution in [1.82, 2.24) is 9.97 Å². The number of nitrogens with zero attached hydrogens (tertiary/aromatic N) is 2. The molecule has 0 bridgehead atoms. The fraction of sp³-hybridized carbons (Fsp3) is 0.200. The highest BCUT2D eigenvalue weighted by atomic mass is 28.3. The molecule has 0 unspecified atom stereocenters. The van der Waals surface area contributed by atoms with Gasteiger partial charge in [-0.25, -0.2) is 4.98 Å². The molecule has 1 N–H and O–H groups in total.